The summed E-state index contributed by atoms with van der Waals surface area (Å²) in [6.07, 6.45) is -4.13. The molecule has 1 saturated heterocycles. The van der Waals surface area contributed by atoms with Crippen LogP contribution in [0, 0.1) is 11.3 Å². The number of alkyl halides is 3. The number of nitrogens with two attached hydrogens (primary N) is 1. The minimum absolute atomic E-state index is 0.172. The first-order valence-electron chi connectivity index (χ1n) is 6.60. The second kappa shape index (κ2) is 7.53. The molecule has 0 spiro atoms. The Morgan fingerprint density at radius 3 is 2.48 bits per heavy atom. The molecule has 0 bridgehead atoms. The zero-order valence-corrected chi connectivity index (χ0v) is 12.9. The number of carboxylic acids is 1. The van der Waals surface area contributed by atoms with Crippen molar-refractivity contribution in [2.24, 2.45) is 5.73 Å². The lowest BCUT2D eigenvalue weighted by Crippen LogP contribution is -2.37. The van der Waals surface area contributed by atoms with E-state index in [1.165, 1.54) is 0 Å². The molecule has 9 heteroatoms. The molecule has 1 fully saturated rings. The molecule has 0 saturated carbocycles. The standard InChI is InChI=1S/C12H14ClN3.C2HF3O2/c1-8-11(15)4-5-16(8)12-6-10(13)3-2-9(12)7-14;3-2(4,5)1(6)7/h2-3,6,8,11H,4-5,15H2,1H3;(H,6,7). The molecule has 1 aliphatic rings. The molecule has 126 valence electrons. The van der Waals surface area contributed by atoms with E-state index in [9.17, 15) is 13.2 Å². The average molecular weight is 350 g/mol. The van der Waals surface area contributed by atoms with Gasteiger partial charge >= 0.3 is 12.1 Å². The summed E-state index contributed by atoms with van der Waals surface area (Å²) in [5, 5.41) is 16.9. The first kappa shape index (κ1) is 19.1. The normalized spacial score (nSPS) is 20.5. The van der Waals surface area contributed by atoms with Gasteiger partial charge < -0.3 is 15.7 Å². The van der Waals surface area contributed by atoms with Crippen LogP contribution in [-0.4, -0.2) is 35.9 Å². The average Bonchev–Trinajstić information content (AvgIpc) is 2.78. The van der Waals surface area contributed by atoms with Crippen LogP contribution in [0.1, 0.15) is 18.9 Å². The van der Waals surface area contributed by atoms with Gasteiger partial charge in [0, 0.05) is 23.7 Å². The lowest BCUT2D eigenvalue weighted by atomic mass is 10.1. The number of rotatable bonds is 1. The fraction of sp³-hybridized carbons (Fsp3) is 0.429. The fourth-order valence-electron chi connectivity index (χ4n) is 2.14. The highest BCUT2D eigenvalue weighted by molar-refractivity contribution is 6.30. The molecular weight excluding hydrogens is 335 g/mol. The first-order chi connectivity index (χ1) is 10.6. The molecule has 1 aromatic carbocycles. The van der Waals surface area contributed by atoms with Gasteiger partial charge in [-0.2, -0.15) is 18.4 Å². The van der Waals surface area contributed by atoms with Crippen LogP contribution in [0.3, 0.4) is 0 Å². The highest BCUT2D eigenvalue weighted by atomic mass is 35.5. The van der Waals surface area contributed by atoms with Crippen molar-refractivity contribution in [2.75, 3.05) is 11.4 Å². The molecule has 1 heterocycles. The lowest BCUT2D eigenvalue weighted by Gasteiger charge is -2.26. The van der Waals surface area contributed by atoms with Gasteiger partial charge in [-0.05, 0) is 31.5 Å². The Balaban J connectivity index is 0.000000322. The quantitative estimate of drug-likeness (QED) is 0.813. The Hall–Kier alpha value is -1.98. The first-order valence-corrected chi connectivity index (χ1v) is 6.97. The highest BCUT2D eigenvalue weighted by Crippen LogP contribution is 2.30. The zero-order valence-electron chi connectivity index (χ0n) is 12.1. The molecule has 0 radical (unpaired) electrons. The van der Waals surface area contributed by atoms with Crippen molar-refractivity contribution in [3.05, 3.63) is 28.8 Å². The van der Waals surface area contributed by atoms with Crippen LogP contribution in [0.4, 0.5) is 18.9 Å². The molecule has 2 unspecified atom stereocenters. The summed E-state index contributed by atoms with van der Waals surface area (Å²) in [6.45, 7) is 2.97. The molecule has 0 amide bonds. The van der Waals surface area contributed by atoms with Crippen molar-refractivity contribution in [3.8, 4) is 6.07 Å². The van der Waals surface area contributed by atoms with Crippen molar-refractivity contribution in [1.82, 2.24) is 0 Å². The Morgan fingerprint density at radius 2 is 2.09 bits per heavy atom. The molecule has 0 aliphatic carbocycles. The molecule has 5 nitrogen and oxygen atoms in total. The summed E-state index contributed by atoms with van der Waals surface area (Å²) in [5.41, 5.74) is 7.53. The van der Waals surface area contributed by atoms with Gasteiger partial charge in [0.05, 0.1) is 11.3 Å². The zero-order chi connectivity index (χ0) is 17.8. The van der Waals surface area contributed by atoms with Crippen molar-refractivity contribution in [1.29, 1.82) is 5.26 Å². The number of anilines is 1. The number of carboxylic acid groups (broad SMARTS) is 1. The Kier molecular flexibility index (Phi) is 6.24. The number of carbonyl (C=O) groups is 1. The van der Waals surface area contributed by atoms with E-state index in [1.807, 2.05) is 6.07 Å². The minimum atomic E-state index is -5.08. The van der Waals surface area contributed by atoms with Gasteiger partial charge in [0.1, 0.15) is 6.07 Å². The molecule has 1 aromatic rings. The van der Waals surface area contributed by atoms with Crippen LogP contribution >= 0.6 is 11.6 Å². The van der Waals surface area contributed by atoms with Crippen LogP contribution in [0.25, 0.3) is 0 Å². The maximum atomic E-state index is 10.6. The van der Waals surface area contributed by atoms with Crippen LogP contribution in [0.15, 0.2) is 18.2 Å². The number of nitriles is 1. The van der Waals surface area contributed by atoms with Crippen LogP contribution in [0.2, 0.25) is 5.02 Å². The second-order valence-corrected chi connectivity index (χ2v) is 5.40. The fourth-order valence-corrected chi connectivity index (χ4v) is 2.31. The largest absolute Gasteiger partial charge is 0.490 e. The van der Waals surface area contributed by atoms with Gasteiger partial charge in [-0.1, -0.05) is 11.6 Å². The highest BCUT2D eigenvalue weighted by Gasteiger charge is 2.38. The van der Waals surface area contributed by atoms with E-state index < -0.39 is 12.1 Å². The number of hydrogen-bond donors (Lipinski definition) is 2. The van der Waals surface area contributed by atoms with E-state index in [1.54, 1.807) is 12.1 Å². The Morgan fingerprint density at radius 1 is 1.52 bits per heavy atom. The molecule has 2 atom stereocenters. The Bertz CT molecular complexity index is 616. The number of benzene rings is 1. The van der Waals surface area contributed by atoms with E-state index in [0.29, 0.717) is 10.6 Å². The number of aliphatic carboxylic acids is 1. The number of halogens is 4. The molecule has 23 heavy (non-hydrogen) atoms. The lowest BCUT2D eigenvalue weighted by molar-refractivity contribution is -0.192. The maximum Gasteiger partial charge on any atom is 0.490 e. The third kappa shape index (κ3) is 5.01. The number of hydrogen-bond acceptors (Lipinski definition) is 4. The summed E-state index contributed by atoms with van der Waals surface area (Å²) in [4.78, 5) is 11.1. The Labute approximate surface area is 136 Å². The van der Waals surface area contributed by atoms with E-state index >= 15 is 0 Å². The van der Waals surface area contributed by atoms with E-state index in [2.05, 4.69) is 17.9 Å². The predicted molar refractivity (Wildman–Crippen MR) is 79.3 cm³/mol. The number of nitrogens with zero attached hydrogens (tertiary/aromatic N) is 2. The summed E-state index contributed by atoms with van der Waals surface area (Å²) >= 11 is 5.97. The van der Waals surface area contributed by atoms with Gasteiger partial charge in [0.25, 0.3) is 0 Å². The topological polar surface area (TPSA) is 90.4 Å². The molecule has 0 aromatic heterocycles. The minimum Gasteiger partial charge on any atom is -0.475 e. The van der Waals surface area contributed by atoms with E-state index in [4.69, 9.17) is 32.5 Å². The van der Waals surface area contributed by atoms with Crippen LogP contribution in [0.5, 0.6) is 0 Å². The van der Waals surface area contributed by atoms with E-state index in [0.717, 1.165) is 18.7 Å². The SMILES string of the molecule is CC1C(N)CCN1c1cc(Cl)ccc1C#N.O=C(O)C(F)(F)F. The van der Waals surface area contributed by atoms with Crippen molar-refractivity contribution in [3.63, 3.8) is 0 Å². The maximum absolute atomic E-state index is 10.6. The molecule has 2 rings (SSSR count). The molecule has 1 aliphatic heterocycles. The summed E-state index contributed by atoms with van der Waals surface area (Å²) in [7, 11) is 0. The third-order valence-electron chi connectivity index (χ3n) is 3.45. The van der Waals surface area contributed by atoms with Gasteiger partial charge in [-0.3, -0.25) is 0 Å². The van der Waals surface area contributed by atoms with E-state index in [-0.39, 0.29) is 12.1 Å². The van der Waals surface area contributed by atoms with Crippen LogP contribution in [-0.2, 0) is 4.79 Å². The van der Waals surface area contributed by atoms with Gasteiger partial charge in [-0.25, -0.2) is 4.79 Å². The smallest absolute Gasteiger partial charge is 0.475 e. The van der Waals surface area contributed by atoms with Crippen LogP contribution < -0.4 is 10.6 Å². The summed E-state index contributed by atoms with van der Waals surface area (Å²) < 4.78 is 31.7. The molecular formula is C14H15ClF3N3O2. The van der Waals surface area contributed by atoms with Crippen molar-refractivity contribution >= 4 is 23.3 Å². The van der Waals surface area contributed by atoms with Gasteiger partial charge in [0.15, 0.2) is 0 Å². The second-order valence-electron chi connectivity index (χ2n) is 4.96. The summed E-state index contributed by atoms with van der Waals surface area (Å²) in [5.74, 6) is -2.76. The predicted octanol–water partition coefficient (Wildman–Crippen LogP) is 2.77. The van der Waals surface area contributed by atoms with Gasteiger partial charge in [-0.15, -0.1) is 0 Å². The monoisotopic (exact) mass is 349 g/mol. The third-order valence-corrected chi connectivity index (χ3v) is 3.68. The van der Waals surface area contributed by atoms with Crippen molar-refractivity contribution in [2.45, 2.75) is 31.6 Å². The van der Waals surface area contributed by atoms with Gasteiger partial charge in [0.2, 0.25) is 0 Å². The van der Waals surface area contributed by atoms with Crippen molar-refractivity contribution < 1.29 is 23.1 Å². The summed E-state index contributed by atoms with van der Waals surface area (Å²) in [6, 6.07) is 7.96. The molecule has 3 N–H and O–H groups in total.